The molecule has 2 atom stereocenters. The summed E-state index contributed by atoms with van der Waals surface area (Å²) < 4.78 is 1.90. The Morgan fingerprint density at radius 2 is 2.25 bits per heavy atom. The van der Waals surface area contributed by atoms with Crippen LogP contribution in [0.2, 0.25) is 0 Å². The van der Waals surface area contributed by atoms with Crippen molar-refractivity contribution in [1.29, 1.82) is 5.26 Å². The van der Waals surface area contributed by atoms with Gasteiger partial charge in [0.25, 0.3) is 0 Å². The van der Waals surface area contributed by atoms with Gasteiger partial charge in [0.1, 0.15) is 10.9 Å². The molecule has 0 bridgehead atoms. The van der Waals surface area contributed by atoms with Gasteiger partial charge >= 0.3 is 0 Å². The van der Waals surface area contributed by atoms with E-state index in [2.05, 4.69) is 47.3 Å². The second kappa shape index (κ2) is 7.47. The first-order valence-electron chi connectivity index (χ1n) is 8.43. The second-order valence-electron chi connectivity index (χ2n) is 6.85. The third-order valence-electron chi connectivity index (χ3n) is 4.82. The van der Waals surface area contributed by atoms with E-state index in [9.17, 15) is 0 Å². The van der Waals surface area contributed by atoms with E-state index in [1.54, 1.807) is 11.3 Å². The number of hydrogen-bond donors (Lipinski definition) is 0. The largest absolute Gasteiger partial charge is 0.301 e. The van der Waals surface area contributed by atoms with E-state index >= 15 is 0 Å². The fourth-order valence-electron chi connectivity index (χ4n) is 3.82. The smallest absolute Gasteiger partial charge is 0.110 e. The van der Waals surface area contributed by atoms with E-state index in [0.717, 1.165) is 24.5 Å². The molecule has 0 N–H and O–H groups in total. The van der Waals surface area contributed by atoms with Gasteiger partial charge in [-0.15, -0.1) is 11.3 Å². The van der Waals surface area contributed by atoms with Crippen molar-refractivity contribution in [1.82, 2.24) is 19.6 Å². The highest BCUT2D eigenvalue weighted by Crippen LogP contribution is 2.35. The molecule has 24 heavy (non-hydrogen) atoms. The summed E-state index contributed by atoms with van der Waals surface area (Å²) in [6.45, 7) is 3.12. The molecule has 1 aliphatic rings. The maximum atomic E-state index is 8.97. The molecule has 6 heteroatoms. The van der Waals surface area contributed by atoms with Crippen LogP contribution in [0.25, 0.3) is 0 Å². The lowest BCUT2D eigenvalue weighted by molar-refractivity contribution is 0.0928. The van der Waals surface area contributed by atoms with Crippen molar-refractivity contribution in [2.45, 2.75) is 25.4 Å². The number of nitriles is 1. The monoisotopic (exact) mass is 343 g/mol. The first kappa shape index (κ1) is 17.2. The van der Waals surface area contributed by atoms with E-state index < -0.39 is 0 Å². The minimum Gasteiger partial charge on any atom is -0.301 e. The third kappa shape index (κ3) is 3.86. The van der Waals surface area contributed by atoms with Gasteiger partial charge in [-0.2, -0.15) is 10.4 Å². The molecule has 2 aromatic rings. The zero-order chi connectivity index (χ0) is 17.1. The van der Waals surface area contributed by atoms with Gasteiger partial charge in [0.2, 0.25) is 0 Å². The van der Waals surface area contributed by atoms with E-state index in [0.29, 0.717) is 12.0 Å². The van der Waals surface area contributed by atoms with E-state index in [4.69, 9.17) is 5.26 Å². The Hall–Kier alpha value is -1.68. The highest BCUT2D eigenvalue weighted by Gasteiger charge is 2.32. The standard InChI is InChI=1S/C18H25N5S/c1-21(13-17-7-6-16(9-19)24-17)11-14-5-4-8-22(2)18(14)15-10-20-23(3)12-15/h6-7,10,12,14,18H,4-5,8,11,13H2,1-3H3/t14-,18+/m0/s1. The Kier molecular flexibility index (Phi) is 5.34. The molecule has 0 spiro atoms. The van der Waals surface area contributed by atoms with E-state index in [1.807, 2.05) is 24.0 Å². The van der Waals surface area contributed by atoms with Crippen molar-refractivity contribution in [3.05, 3.63) is 39.8 Å². The number of nitrogens with zero attached hydrogens (tertiary/aromatic N) is 5. The van der Waals surface area contributed by atoms with Gasteiger partial charge < -0.3 is 4.90 Å². The quantitative estimate of drug-likeness (QED) is 0.837. The first-order chi connectivity index (χ1) is 11.6. The molecule has 128 valence electrons. The molecule has 0 amide bonds. The average molecular weight is 344 g/mol. The number of aromatic nitrogens is 2. The minimum absolute atomic E-state index is 0.438. The molecule has 0 aromatic carbocycles. The van der Waals surface area contributed by atoms with Crippen molar-refractivity contribution in [3.63, 3.8) is 0 Å². The van der Waals surface area contributed by atoms with Gasteiger partial charge in [-0.1, -0.05) is 0 Å². The molecule has 1 aliphatic heterocycles. The fourth-order valence-corrected chi connectivity index (χ4v) is 4.71. The Morgan fingerprint density at radius 1 is 1.42 bits per heavy atom. The lowest BCUT2D eigenvalue weighted by Crippen LogP contribution is -2.40. The summed E-state index contributed by atoms with van der Waals surface area (Å²) in [5.74, 6) is 0.605. The van der Waals surface area contributed by atoms with Gasteiger partial charge in [0.05, 0.1) is 6.20 Å². The van der Waals surface area contributed by atoms with Gasteiger partial charge in [-0.05, 0) is 51.5 Å². The summed E-state index contributed by atoms with van der Waals surface area (Å²) in [6.07, 6.45) is 6.67. The highest BCUT2D eigenvalue weighted by atomic mass is 32.1. The number of hydrogen-bond acceptors (Lipinski definition) is 5. The van der Waals surface area contributed by atoms with Crippen LogP contribution in [-0.2, 0) is 13.6 Å². The summed E-state index contributed by atoms with van der Waals surface area (Å²) in [6, 6.07) is 6.65. The number of likely N-dealkylation sites (tertiary alicyclic amines) is 1. The van der Waals surface area contributed by atoms with E-state index in [-0.39, 0.29) is 0 Å². The van der Waals surface area contributed by atoms with Crippen LogP contribution in [0.1, 0.15) is 34.2 Å². The fraction of sp³-hybridized carbons (Fsp3) is 0.556. The molecular weight excluding hydrogens is 318 g/mol. The zero-order valence-electron chi connectivity index (χ0n) is 14.6. The van der Waals surface area contributed by atoms with Gasteiger partial charge in [0.15, 0.2) is 0 Å². The Balaban J connectivity index is 1.68. The molecule has 2 aromatic heterocycles. The first-order valence-corrected chi connectivity index (χ1v) is 9.24. The highest BCUT2D eigenvalue weighted by molar-refractivity contribution is 7.12. The number of thiophene rings is 1. The summed E-state index contributed by atoms with van der Waals surface area (Å²) in [5, 5.41) is 13.3. The molecular formula is C18H25N5S. The second-order valence-corrected chi connectivity index (χ2v) is 8.02. The van der Waals surface area contributed by atoms with Crippen LogP contribution in [0.3, 0.4) is 0 Å². The number of piperidine rings is 1. The molecule has 1 saturated heterocycles. The average Bonchev–Trinajstić information content (AvgIpc) is 3.16. The van der Waals surface area contributed by atoms with Crippen molar-refractivity contribution < 1.29 is 0 Å². The predicted molar refractivity (Wildman–Crippen MR) is 96.7 cm³/mol. The molecule has 5 nitrogen and oxygen atoms in total. The minimum atomic E-state index is 0.438. The Morgan fingerprint density at radius 3 is 2.92 bits per heavy atom. The SMILES string of the molecule is CN(Cc1ccc(C#N)s1)C[C@@H]1CCCN(C)[C@H]1c1cnn(C)c1. The topological polar surface area (TPSA) is 48.1 Å². The number of rotatable bonds is 5. The number of aryl methyl sites for hydroxylation is 1. The van der Waals surface area contributed by atoms with Crippen LogP contribution in [0.4, 0.5) is 0 Å². The lowest BCUT2D eigenvalue weighted by Gasteiger charge is -2.40. The summed E-state index contributed by atoms with van der Waals surface area (Å²) in [5.41, 5.74) is 1.32. The van der Waals surface area contributed by atoms with Crippen LogP contribution in [0.15, 0.2) is 24.5 Å². The molecule has 0 radical (unpaired) electrons. The normalized spacial score (nSPS) is 22.0. The third-order valence-corrected chi connectivity index (χ3v) is 5.79. The molecule has 0 unspecified atom stereocenters. The van der Waals surface area contributed by atoms with Crippen LogP contribution in [0.5, 0.6) is 0 Å². The van der Waals surface area contributed by atoms with Crippen LogP contribution in [-0.4, -0.2) is 46.8 Å². The Bertz CT molecular complexity index is 713. The summed E-state index contributed by atoms with van der Waals surface area (Å²) in [7, 11) is 6.39. The summed E-state index contributed by atoms with van der Waals surface area (Å²) in [4.78, 5) is 6.91. The van der Waals surface area contributed by atoms with Crippen molar-refractivity contribution in [2.24, 2.45) is 13.0 Å². The van der Waals surface area contributed by atoms with Crippen molar-refractivity contribution in [3.8, 4) is 6.07 Å². The van der Waals surface area contributed by atoms with E-state index in [1.165, 1.54) is 23.3 Å². The van der Waals surface area contributed by atoms with Gasteiger partial charge in [0, 0.05) is 42.8 Å². The van der Waals surface area contributed by atoms with Gasteiger partial charge in [-0.25, -0.2) is 0 Å². The van der Waals surface area contributed by atoms with Crippen molar-refractivity contribution >= 4 is 11.3 Å². The van der Waals surface area contributed by atoms with Gasteiger partial charge in [-0.3, -0.25) is 9.58 Å². The predicted octanol–water partition coefficient (Wildman–Crippen LogP) is 2.87. The maximum Gasteiger partial charge on any atom is 0.110 e. The van der Waals surface area contributed by atoms with Crippen LogP contribution >= 0.6 is 11.3 Å². The molecule has 1 fully saturated rings. The zero-order valence-corrected chi connectivity index (χ0v) is 15.5. The van der Waals surface area contributed by atoms with Crippen molar-refractivity contribution in [2.75, 3.05) is 27.2 Å². The van der Waals surface area contributed by atoms with Crippen LogP contribution < -0.4 is 0 Å². The lowest BCUT2D eigenvalue weighted by atomic mass is 9.86. The summed E-state index contributed by atoms with van der Waals surface area (Å²) >= 11 is 1.60. The Labute approximate surface area is 148 Å². The molecule has 0 saturated carbocycles. The molecule has 0 aliphatic carbocycles. The maximum absolute atomic E-state index is 8.97. The molecule has 3 heterocycles. The molecule has 3 rings (SSSR count). The van der Waals surface area contributed by atoms with Crippen LogP contribution in [0, 0.1) is 17.2 Å².